The van der Waals surface area contributed by atoms with E-state index in [9.17, 15) is 0 Å². The van der Waals surface area contributed by atoms with Gasteiger partial charge < -0.3 is 5.73 Å². The SMILES string of the molecule is Nc1[c]c2c(s1)CSCC2. The molecule has 0 aromatic carbocycles. The molecule has 10 heavy (non-hydrogen) atoms. The molecule has 2 rings (SSSR count). The third-order valence-electron chi connectivity index (χ3n) is 1.57. The zero-order valence-electron chi connectivity index (χ0n) is 5.52. The molecule has 0 amide bonds. The van der Waals surface area contributed by atoms with Crippen LogP contribution in [0.2, 0.25) is 0 Å². The summed E-state index contributed by atoms with van der Waals surface area (Å²) >= 11 is 3.68. The first-order valence-corrected chi connectivity index (χ1v) is 5.20. The second-order valence-corrected chi connectivity index (χ2v) is 4.54. The molecule has 1 radical (unpaired) electrons. The van der Waals surface area contributed by atoms with Crippen molar-refractivity contribution in [2.24, 2.45) is 0 Å². The van der Waals surface area contributed by atoms with E-state index < -0.39 is 0 Å². The van der Waals surface area contributed by atoms with E-state index in [-0.39, 0.29) is 0 Å². The van der Waals surface area contributed by atoms with Gasteiger partial charge in [-0.2, -0.15) is 11.8 Å². The third kappa shape index (κ3) is 1.04. The molecule has 0 fully saturated rings. The van der Waals surface area contributed by atoms with Gasteiger partial charge in [0.05, 0.1) is 5.00 Å². The summed E-state index contributed by atoms with van der Waals surface area (Å²) in [6, 6.07) is 3.18. The first kappa shape index (κ1) is 6.55. The topological polar surface area (TPSA) is 26.0 Å². The number of aryl methyl sites for hydroxylation is 1. The minimum atomic E-state index is 0.854. The Kier molecular flexibility index (Phi) is 1.62. The number of hydrogen-bond donors (Lipinski definition) is 1. The third-order valence-corrected chi connectivity index (χ3v) is 3.70. The Morgan fingerprint density at radius 3 is 3.20 bits per heavy atom. The molecule has 0 spiro atoms. The van der Waals surface area contributed by atoms with Crippen molar-refractivity contribution in [2.45, 2.75) is 12.2 Å². The lowest BCUT2D eigenvalue weighted by Crippen LogP contribution is -1.96. The smallest absolute Gasteiger partial charge is 0.0943 e. The monoisotopic (exact) mass is 170 g/mol. The van der Waals surface area contributed by atoms with Crippen molar-refractivity contribution in [2.75, 3.05) is 11.5 Å². The van der Waals surface area contributed by atoms with Gasteiger partial charge in [-0.1, -0.05) is 0 Å². The van der Waals surface area contributed by atoms with Gasteiger partial charge >= 0.3 is 0 Å². The Balaban J connectivity index is 2.41. The van der Waals surface area contributed by atoms with Gasteiger partial charge in [-0.05, 0) is 17.7 Å². The van der Waals surface area contributed by atoms with Crippen LogP contribution in [0, 0.1) is 6.07 Å². The lowest BCUT2D eigenvalue weighted by Gasteiger charge is -2.07. The van der Waals surface area contributed by atoms with Crippen LogP contribution in [0.3, 0.4) is 0 Å². The van der Waals surface area contributed by atoms with Gasteiger partial charge in [0.25, 0.3) is 0 Å². The number of nitrogens with two attached hydrogens (primary N) is 1. The fraction of sp³-hybridized carbons (Fsp3) is 0.429. The van der Waals surface area contributed by atoms with Crippen LogP contribution in [-0.2, 0) is 12.2 Å². The molecule has 1 aliphatic rings. The fourth-order valence-electron chi connectivity index (χ4n) is 1.10. The summed E-state index contributed by atoms with van der Waals surface area (Å²) in [6.07, 6.45) is 1.16. The molecule has 1 aliphatic heterocycles. The highest BCUT2D eigenvalue weighted by atomic mass is 32.2. The molecule has 2 heterocycles. The summed E-state index contributed by atoms with van der Waals surface area (Å²) < 4.78 is 0. The van der Waals surface area contributed by atoms with Crippen molar-refractivity contribution in [3.05, 3.63) is 16.5 Å². The number of anilines is 1. The summed E-state index contributed by atoms with van der Waals surface area (Å²) in [6.45, 7) is 0. The van der Waals surface area contributed by atoms with Crippen molar-refractivity contribution in [1.29, 1.82) is 0 Å². The molecule has 53 valence electrons. The van der Waals surface area contributed by atoms with Crippen LogP contribution >= 0.6 is 23.1 Å². The number of nitrogen functional groups attached to an aromatic ring is 1. The molecule has 1 aromatic heterocycles. The predicted octanol–water partition coefficient (Wildman–Crippen LogP) is 1.92. The highest BCUT2D eigenvalue weighted by Gasteiger charge is 2.12. The zero-order chi connectivity index (χ0) is 6.97. The van der Waals surface area contributed by atoms with Crippen LogP contribution in [0.4, 0.5) is 5.00 Å². The highest BCUT2D eigenvalue weighted by molar-refractivity contribution is 7.98. The highest BCUT2D eigenvalue weighted by Crippen LogP contribution is 2.32. The lowest BCUT2D eigenvalue weighted by atomic mass is 10.2. The number of fused-ring (bicyclic) bond motifs is 1. The average molecular weight is 170 g/mol. The summed E-state index contributed by atoms with van der Waals surface area (Å²) in [5.74, 6) is 2.38. The fourth-order valence-corrected chi connectivity index (χ4v) is 3.15. The molecule has 0 saturated carbocycles. The zero-order valence-corrected chi connectivity index (χ0v) is 7.15. The van der Waals surface area contributed by atoms with Crippen molar-refractivity contribution < 1.29 is 0 Å². The van der Waals surface area contributed by atoms with E-state index in [1.807, 2.05) is 11.8 Å². The molecule has 0 unspecified atom stereocenters. The molecule has 0 aliphatic carbocycles. The maximum atomic E-state index is 5.61. The van der Waals surface area contributed by atoms with Gasteiger partial charge in [0.2, 0.25) is 0 Å². The second-order valence-electron chi connectivity index (χ2n) is 2.30. The van der Waals surface area contributed by atoms with Gasteiger partial charge in [-0.3, -0.25) is 0 Å². The summed E-state index contributed by atoms with van der Waals surface area (Å²) in [5, 5.41) is 0.854. The Bertz CT molecular complexity index is 218. The second kappa shape index (κ2) is 2.47. The van der Waals surface area contributed by atoms with E-state index in [1.54, 1.807) is 11.3 Å². The first-order chi connectivity index (χ1) is 4.86. The van der Waals surface area contributed by atoms with Crippen LogP contribution in [0.1, 0.15) is 10.4 Å². The van der Waals surface area contributed by atoms with E-state index in [1.165, 1.54) is 16.2 Å². The van der Waals surface area contributed by atoms with Crippen molar-refractivity contribution in [3.63, 3.8) is 0 Å². The summed E-state index contributed by atoms with van der Waals surface area (Å²) in [7, 11) is 0. The molecule has 0 saturated heterocycles. The van der Waals surface area contributed by atoms with Crippen LogP contribution in [0.15, 0.2) is 0 Å². The normalized spacial score (nSPS) is 16.8. The van der Waals surface area contributed by atoms with Gasteiger partial charge in [0.1, 0.15) is 0 Å². The Morgan fingerprint density at radius 2 is 2.40 bits per heavy atom. The molecule has 2 N–H and O–H groups in total. The predicted molar refractivity (Wildman–Crippen MR) is 47.4 cm³/mol. The van der Waals surface area contributed by atoms with E-state index >= 15 is 0 Å². The largest absolute Gasteiger partial charge is 0.390 e. The van der Waals surface area contributed by atoms with Gasteiger partial charge in [-0.25, -0.2) is 0 Å². The number of hydrogen-bond acceptors (Lipinski definition) is 3. The number of thioether (sulfide) groups is 1. The Morgan fingerprint density at radius 1 is 1.50 bits per heavy atom. The molecule has 1 nitrogen and oxygen atoms in total. The average Bonchev–Trinajstić information content (AvgIpc) is 2.27. The quantitative estimate of drug-likeness (QED) is 0.643. The van der Waals surface area contributed by atoms with E-state index in [4.69, 9.17) is 5.73 Å². The van der Waals surface area contributed by atoms with Crippen LogP contribution in [-0.4, -0.2) is 5.75 Å². The standard InChI is InChI=1S/C7H8NS2/c8-7-3-5-1-2-9-4-6(5)10-7/h1-2,4,8H2. The minimum absolute atomic E-state index is 0.854. The Labute approximate surface area is 68.6 Å². The minimum Gasteiger partial charge on any atom is -0.390 e. The molecule has 0 bridgehead atoms. The maximum absolute atomic E-state index is 5.61. The summed E-state index contributed by atoms with van der Waals surface area (Å²) in [5.41, 5.74) is 6.97. The lowest BCUT2D eigenvalue weighted by molar-refractivity contribution is 1.11. The number of rotatable bonds is 0. The van der Waals surface area contributed by atoms with Gasteiger partial charge in [0.15, 0.2) is 0 Å². The van der Waals surface area contributed by atoms with Crippen LogP contribution < -0.4 is 5.73 Å². The molecular weight excluding hydrogens is 162 g/mol. The first-order valence-electron chi connectivity index (χ1n) is 3.23. The molecular formula is C7H8NS2. The molecule has 1 aromatic rings. The Hall–Kier alpha value is -0.150. The number of thiophene rings is 1. The van der Waals surface area contributed by atoms with E-state index in [2.05, 4.69) is 6.07 Å². The summed E-state index contributed by atoms with van der Waals surface area (Å²) in [4.78, 5) is 1.44. The van der Waals surface area contributed by atoms with E-state index in [0.717, 1.165) is 17.2 Å². The van der Waals surface area contributed by atoms with Gasteiger partial charge in [0, 0.05) is 16.7 Å². The van der Waals surface area contributed by atoms with Crippen LogP contribution in [0.25, 0.3) is 0 Å². The molecule has 3 heteroatoms. The maximum Gasteiger partial charge on any atom is 0.0943 e. The van der Waals surface area contributed by atoms with Crippen molar-refractivity contribution >= 4 is 28.1 Å². The van der Waals surface area contributed by atoms with Gasteiger partial charge in [-0.15, -0.1) is 11.3 Å². The molecule has 0 atom stereocenters. The van der Waals surface area contributed by atoms with Crippen molar-refractivity contribution in [1.82, 2.24) is 0 Å². The van der Waals surface area contributed by atoms with Crippen LogP contribution in [0.5, 0.6) is 0 Å². The van der Waals surface area contributed by atoms with Crippen molar-refractivity contribution in [3.8, 4) is 0 Å². The van der Waals surface area contributed by atoms with E-state index in [0.29, 0.717) is 0 Å².